The number of hydrogen-bond donors (Lipinski definition) is 2. The van der Waals surface area contributed by atoms with Crippen LogP contribution in [-0.2, 0) is 10.1 Å². The molecule has 0 aliphatic rings. The molecule has 1 rings (SSSR count). The fourth-order valence-electron chi connectivity index (χ4n) is 0.794. The molecular weight excluding hydrogens is 206 g/mol. The molecule has 78 valence electrons. The lowest BCUT2D eigenvalue weighted by Gasteiger charge is -2.05. The minimum atomic E-state index is -3.92. The lowest BCUT2D eigenvalue weighted by Crippen LogP contribution is -2.25. The van der Waals surface area contributed by atoms with E-state index in [9.17, 15) is 8.42 Å². The van der Waals surface area contributed by atoms with E-state index in [2.05, 4.69) is 5.48 Å². The van der Waals surface area contributed by atoms with Crippen molar-refractivity contribution in [2.75, 3.05) is 12.3 Å². The van der Waals surface area contributed by atoms with Crippen molar-refractivity contribution in [1.29, 1.82) is 0 Å². The van der Waals surface area contributed by atoms with Crippen molar-refractivity contribution in [2.45, 2.75) is 0 Å². The van der Waals surface area contributed by atoms with Crippen LogP contribution in [0.4, 0.5) is 0 Å². The van der Waals surface area contributed by atoms with Crippen LogP contribution in [0.2, 0.25) is 0 Å². The Hall–Kier alpha value is -1.11. The van der Waals surface area contributed by atoms with Crippen LogP contribution in [0.1, 0.15) is 0 Å². The van der Waals surface area contributed by atoms with Crippen LogP contribution in [0.15, 0.2) is 30.3 Å². The smallest absolute Gasteiger partial charge is 0.266 e. The molecule has 0 aliphatic carbocycles. The van der Waals surface area contributed by atoms with E-state index in [1.54, 1.807) is 24.3 Å². The van der Waals surface area contributed by atoms with E-state index >= 15 is 0 Å². The van der Waals surface area contributed by atoms with Gasteiger partial charge < -0.3 is 4.84 Å². The van der Waals surface area contributed by atoms with Gasteiger partial charge in [0.1, 0.15) is 5.75 Å². The largest absolute Gasteiger partial charge is 0.409 e. The Balaban J connectivity index is 2.23. The van der Waals surface area contributed by atoms with Gasteiger partial charge in [0, 0.05) is 6.54 Å². The molecule has 0 radical (unpaired) electrons. The number of hydrogen-bond acceptors (Lipinski definition) is 4. The third kappa shape index (κ3) is 4.80. The molecule has 0 saturated carbocycles. The number of nitrogens with one attached hydrogen (secondary N) is 1. The zero-order valence-electron chi connectivity index (χ0n) is 7.38. The average molecular weight is 217 g/mol. The van der Waals surface area contributed by atoms with Gasteiger partial charge in [0.05, 0.1) is 5.75 Å². The van der Waals surface area contributed by atoms with E-state index in [1.165, 1.54) is 0 Å². The summed E-state index contributed by atoms with van der Waals surface area (Å²) in [5.41, 5.74) is 2.42. The molecule has 0 amide bonds. The maximum absolute atomic E-state index is 10.3. The summed E-state index contributed by atoms with van der Waals surface area (Å²) >= 11 is 0. The Labute approximate surface area is 82.4 Å². The zero-order chi connectivity index (χ0) is 10.4. The summed E-state index contributed by atoms with van der Waals surface area (Å²) in [6.45, 7) is 0.0354. The SMILES string of the molecule is O=S(=O)(O)CCNOc1ccccc1. The van der Waals surface area contributed by atoms with Gasteiger partial charge in [-0.05, 0) is 12.1 Å². The van der Waals surface area contributed by atoms with E-state index in [4.69, 9.17) is 9.39 Å². The number of benzene rings is 1. The van der Waals surface area contributed by atoms with Crippen molar-refractivity contribution in [3.63, 3.8) is 0 Å². The van der Waals surface area contributed by atoms with Crippen molar-refractivity contribution >= 4 is 10.1 Å². The highest BCUT2D eigenvalue weighted by atomic mass is 32.2. The highest BCUT2D eigenvalue weighted by Crippen LogP contribution is 2.05. The Morgan fingerprint density at radius 2 is 1.93 bits per heavy atom. The second-order valence-corrected chi connectivity index (χ2v) is 4.17. The van der Waals surface area contributed by atoms with Crippen LogP contribution >= 0.6 is 0 Å². The van der Waals surface area contributed by atoms with E-state index in [1.807, 2.05) is 6.07 Å². The molecule has 2 N–H and O–H groups in total. The van der Waals surface area contributed by atoms with Crippen LogP contribution in [0.5, 0.6) is 5.75 Å². The van der Waals surface area contributed by atoms with Crippen molar-refractivity contribution < 1.29 is 17.8 Å². The summed E-state index contributed by atoms with van der Waals surface area (Å²) in [6.07, 6.45) is 0. The zero-order valence-corrected chi connectivity index (χ0v) is 8.20. The van der Waals surface area contributed by atoms with Gasteiger partial charge in [-0.15, -0.1) is 0 Å². The van der Waals surface area contributed by atoms with Gasteiger partial charge in [0.15, 0.2) is 0 Å². The molecule has 1 aromatic rings. The Bertz CT molecular complexity index is 362. The van der Waals surface area contributed by atoms with Crippen molar-refractivity contribution in [1.82, 2.24) is 5.48 Å². The molecule has 14 heavy (non-hydrogen) atoms. The lowest BCUT2D eigenvalue weighted by atomic mass is 10.3. The monoisotopic (exact) mass is 217 g/mol. The molecule has 0 bridgehead atoms. The number of para-hydroxylation sites is 1. The predicted molar refractivity (Wildman–Crippen MR) is 51.5 cm³/mol. The van der Waals surface area contributed by atoms with Crippen molar-refractivity contribution in [3.8, 4) is 5.75 Å². The summed E-state index contributed by atoms with van der Waals surface area (Å²) in [5, 5.41) is 0. The molecule has 5 nitrogen and oxygen atoms in total. The van der Waals surface area contributed by atoms with Crippen LogP contribution in [0.3, 0.4) is 0 Å². The first-order valence-corrected chi connectivity index (χ1v) is 5.59. The summed E-state index contributed by atoms with van der Waals surface area (Å²) in [7, 11) is -3.92. The fraction of sp³-hybridized carbons (Fsp3) is 0.250. The number of rotatable bonds is 5. The Morgan fingerprint density at radius 1 is 1.29 bits per heavy atom. The molecule has 0 atom stereocenters. The van der Waals surface area contributed by atoms with Gasteiger partial charge in [0.2, 0.25) is 0 Å². The predicted octanol–water partition coefficient (Wildman–Crippen LogP) is 0.458. The molecule has 0 fully saturated rings. The van der Waals surface area contributed by atoms with Gasteiger partial charge in [-0.3, -0.25) is 4.55 Å². The van der Waals surface area contributed by atoms with E-state index in [0.29, 0.717) is 5.75 Å². The number of hydroxylamine groups is 1. The molecule has 6 heteroatoms. The lowest BCUT2D eigenvalue weighted by molar-refractivity contribution is 0.202. The van der Waals surface area contributed by atoms with Crippen LogP contribution < -0.4 is 10.3 Å². The quantitative estimate of drug-likeness (QED) is 0.425. The molecular formula is C8H11NO4S. The average Bonchev–Trinajstić information content (AvgIpc) is 2.13. The minimum Gasteiger partial charge on any atom is -0.409 e. The molecule has 0 saturated heterocycles. The second-order valence-electron chi connectivity index (χ2n) is 2.60. The molecule has 0 aromatic heterocycles. The third-order valence-corrected chi connectivity index (χ3v) is 2.12. The Morgan fingerprint density at radius 3 is 2.50 bits per heavy atom. The van der Waals surface area contributed by atoms with E-state index in [-0.39, 0.29) is 12.3 Å². The summed E-state index contributed by atoms with van der Waals surface area (Å²) in [5.74, 6) is 0.211. The van der Waals surface area contributed by atoms with E-state index in [0.717, 1.165) is 0 Å². The summed E-state index contributed by atoms with van der Waals surface area (Å²) in [4.78, 5) is 4.98. The van der Waals surface area contributed by atoms with Gasteiger partial charge in [-0.2, -0.15) is 13.9 Å². The van der Waals surface area contributed by atoms with Crippen LogP contribution in [-0.4, -0.2) is 25.3 Å². The summed E-state index contributed by atoms with van der Waals surface area (Å²) in [6, 6.07) is 8.87. The molecule has 0 heterocycles. The Kier molecular flexibility index (Phi) is 3.87. The highest BCUT2D eigenvalue weighted by molar-refractivity contribution is 7.85. The molecule has 0 unspecified atom stereocenters. The van der Waals surface area contributed by atoms with Gasteiger partial charge in [-0.25, -0.2) is 0 Å². The van der Waals surface area contributed by atoms with Crippen molar-refractivity contribution in [2.24, 2.45) is 0 Å². The minimum absolute atomic E-state index is 0.0354. The molecule has 0 aliphatic heterocycles. The molecule has 1 aromatic carbocycles. The standard InChI is InChI=1S/C8H11NO4S/c10-14(11,12)7-6-9-13-8-4-2-1-3-5-8/h1-5,9H,6-7H2,(H,10,11,12). The fourth-order valence-corrected chi connectivity index (χ4v) is 1.13. The normalized spacial score (nSPS) is 11.2. The first-order chi connectivity index (χ1) is 6.58. The van der Waals surface area contributed by atoms with Gasteiger partial charge in [-0.1, -0.05) is 18.2 Å². The maximum atomic E-state index is 10.3. The highest BCUT2D eigenvalue weighted by Gasteiger charge is 2.02. The first kappa shape index (κ1) is 11.0. The van der Waals surface area contributed by atoms with E-state index < -0.39 is 10.1 Å². The molecule has 0 spiro atoms. The maximum Gasteiger partial charge on any atom is 0.266 e. The third-order valence-electron chi connectivity index (χ3n) is 1.40. The topological polar surface area (TPSA) is 75.6 Å². The van der Waals surface area contributed by atoms with Crippen LogP contribution in [0, 0.1) is 0 Å². The van der Waals surface area contributed by atoms with Crippen LogP contribution in [0.25, 0.3) is 0 Å². The van der Waals surface area contributed by atoms with Crippen molar-refractivity contribution in [3.05, 3.63) is 30.3 Å². The van der Waals surface area contributed by atoms with Gasteiger partial charge >= 0.3 is 0 Å². The summed E-state index contributed by atoms with van der Waals surface area (Å²) < 4.78 is 29.0. The second kappa shape index (κ2) is 4.94. The first-order valence-electron chi connectivity index (χ1n) is 3.98. The van der Waals surface area contributed by atoms with Gasteiger partial charge in [0.25, 0.3) is 10.1 Å².